The molecule has 0 aliphatic carbocycles. The highest BCUT2D eigenvalue weighted by Crippen LogP contribution is 2.38. The van der Waals surface area contributed by atoms with E-state index in [-0.39, 0.29) is 30.0 Å². The summed E-state index contributed by atoms with van der Waals surface area (Å²) in [5.74, 6) is -0.845. The molecule has 0 bridgehead atoms. The Labute approximate surface area is 216 Å². The molecule has 37 heavy (non-hydrogen) atoms. The fourth-order valence-electron chi connectivity index (χ4n) is 4.90. The van der Waals surface area contributed by atoms with Gasteiger partial charge in [-0.3, -0.25) is 4.79 Å². The lowest BCUT2D eigenvalue weighted by Crippen LogP contribution is -2.35. The fraction of sp³-hybridized carbons (Fsp3) is 0.250. The van der Waals surface area contributed by atoms with Gasteiger partial charge in [0.2, 0.25) is 0 Å². The van der Waals surface area contributed by atoms with Crippen LogP contribution in [0.1, 0.15) is 46.4 Å². The number of ketones is 1. The minimum absolute atomic E-state index is 0. The van der Waals surface area contributed by atoms with Gasteiger partial charge in [-0.25, -0.2) is 8.78 Å². The number of carbonyl (C=O) groups excluding carboxylic acids is 1. The first-order valence-electron chi connectivity index (χ1n) is 11.7. The van der Waals surface area contributed by atoms with Gasteiger partial charge in [0, 0.05) is 42.1 Å². The zero-order chi connectivity index (χ0) is 25.4. The number of H-pyrrole nitrogens is 1. The molecule has 3 nitrogen and oxygen atoms in total. The van der Waals surface area contributed by atoms with Crippen molar-refractivity contribution < 1.29 is 26.7 Å². The van der Waals surface area contributed by atoms with E-state index in [2.05, 4.69) is 10.3 Å². The minimum atomic E-state index is -4.42. The average Bonchev–Trinajstić information content (AvgIpc) is 3.24. The molecule has 0 spiro atoms. The van der Waals surface area contributed by atoms with Crippen LogP contribution >= 0.6 is 12.4 Å². The summed E-state index contributed by atoms with van der Waals surface area (Å²) in [6.45, 7) is 0.475. The van der Waals surface area contributed by atoms with Crippen molar-refractivity contribution in [2.24, 2.45) is 0 Å². The molecule has 194 valence electrons. The lowest BCUT2D eigenvalue weighted by atomic mass is 9.93. The third-order valence-corrected chi connectivity index (χ3v) is 6.76. The van der Waals surface area contributed by atoms with Gasteiger partial charge < -0.3 is 10.3 Å². The van der Waals surface area contributed by atoms with E-state index in [0.717, 1.165) is 29.8 Å². The van der Waals surface area contributed by atoms with Crippen molar-refractivity contribution in [1.29, 1.82) is 0 Å². The number of carbonyl (C=O) groups is 1. The Kier molecular flexibility index (Phi) is 7.71. The van der Waals surface area contributed by atoms with Crippen molar-refractivity contribution in [2.45, 2.75) is 44.4 Å². The molecular formula is C28H24ClF5N2O. The molecular weight excluding hydrogens is 511 g/mol. The zero-order valence-corrected chi connectivity index (χ0v) is 20.4. The maximum Gasteiger partial charge on any atom is 0.416 e. The number of nitrogens with one attached hydrogen (secondary N) is 2. The maximum absolute atomic E-state index is 14.7. The van der Waals surface area contributed by atoms with Gasteiger partial charge in [-0.15, -0.1) is 12.4 Å². The van der Waals surface area contributed by atoms with E-state index in [1.54, 1.807) is 6.07 Å². The summed E-state index contributed by atoms with van der Waals surface area (Å²) in [5.41, 5.74) is 3.13. The van der Waals surface area contributed by atoms with E-state index in [1.807, 2.05) is 0 Å². The van der Waals surface area contributed by atoms with Crippen molar-refractivity contribution in [3.63, 3.8) is 0 Å². The predicted octanol–water partition coefficient (Wildman–Crippen LogP) is 7.62. The lowest BCUT2D eigenvalue weighted by molar-refractivity contribution is -0.137. The molecule has 1 unspecified atom stereocenters. The normalized spacial score (nSPS) is 15.3. The molecule has 0 saturated heterocycles. The van der Waals surface area contributed by atoms with E-state index >= 15 is 0 Å². The quantitative estimate of drug-likeness (QED) is 0.197. The van der Waals surface area contributed by atoms with Crippen LogP contribution in [0.2, 0.25) is 0 Å². The smallest absolute Gasteiger partial charge is 0.356 e. The van der Waals surface area contributed by atoms with Gasteiger partial charge in [0.05, 0.1) is 11.1 Å². The number of benzene rings is 3. The van der Waals surface area contributed by atoms with Crippen LogP contribution in [-0.2, 0) is 19.1 Å². The highest BCUT2D eigenvalue weighted by Gasteiger charge is 2.30. The standard InChI is InChI=1S/C28H23F5N2O.ClH/c29-19-10-6-17(7-11-19)25(36)3-1-2-20-14-24-22(15-34-20)26-21(12-13-23(30)27(26)35-24)16-4-8-18(9-5-16)28(31,32)33;/h4-13,20,34-35H,1-3,14-15H2;1H. The van der Waals surface area contributed by atoms with Crippen LogP contribution in [0.4, 0.5) is 22.0 Å². The topological polar surface area (TPSA) is 44.9 Å². The van der Waals surface area contributed by atoms with Gasteiger partial charge in [-0.2, -0.15) is 13.2 Å². The van der Waals surface area contributed by atoms with Crippen LogP contribution in [0.25, 0.3) is 22.0 Å². The van der Waals surface area contributed by atoms with Gasteiger partial charge in [0.1, 0.15) is 11.6 Å². The Balaban J connectivity index is 0.00000320. The molecule has 9 heteroatoms. The fourth-order valence-corrected chi connectivity index (χ4v) is 4.90. The first-order valence-corrected chi connectivity index (χ1v) is 11.7. The summed E-state index contributed by atoms with van der Waals surface area (Å²) >= 11 is 0. The lowest BCUT2D eigenvalue weighted by Gasteiger charge is -2.24. The number of aromatic nitrogens is 1. The van der Waals surface area contributed by atoms with E-state index < -0.39 is 17.6 Å². The monoisotopic (exact) mass is 534 g/mol. The maximum atomic E-state index is 14.7. The van der Waals surface area contributed by atoms with Crippen LogP contribution in [0, 0.1) is 11.6 Å². The summed E-state index contributed by atoms with van der Waals surface area (Å²) in [6.07, 6.45) is -2.09. The predicted molar refractivity (Wildman–Crippen MR) is 135 cm³/mol. The van der Waals surface area contributed by atoms with E-state index in [1.165, 1.54) is 42.5 Å². The molecule has 0 saturated carbocycles. The first-order chi connectivity index (χ1) is 17.2. The second-order valence-corrected chi connectivity index (χ2v) is 9.11. The molecule has 0 radical (unpaired) electrons. The van der Waals surface area contributed by atoms with E-state index in [9.17, 15) is 26.7 Å². The molecule has 1 aliphatic heterocycles. The van der Waals surface area contributed by atoms with Crippen LogP contribution in [0.5, 0.6) is 0 Å². The number of rotatable bonds is 6. The second kappa shape index (κ2) is 10.6. The van der Waals surface area contributed by atoms with Crippen molar-refractivity contribution >= 4 is 29.1 Å². The number of hydrogen-bond acceptors (Lipinski definition) is 2. The largest absolute Gasteiger partial charge is 0.416 e. The molecule has 0 amide bonds. The Morgan fingerprint density at radius 3 is 2.32 bits per heavy atom. The number of hydrogen-bond donors (Lipinski definition) is 2. The third kappa shape index (κ3) is 5.55. The number of Topliss-reactive ketones (excluding diaryl/α,β-unsaturated/α-hetero) is 1. The van der Waals surface area contributed by atoms with E-state index in [0.29, 0.717) is 53.4 Å². The number of alkyl halides is 3. The highest BCUT2D eigenvalue weighted by atomic mass is 35.5. The zero-order valence-electron chi connectivity index (χ0n) is 19.6. The number of halogens is 6. The Morgan fingerprint density at radius 1 is 0.946 bits per heavy atom. The molecule has 1 aromatic heterocycles. The van der Waals surface area contributed by atoms with Crippen molar-refractivity contribution in [1.82, 2.24) is 10.3 Å². The van der Waals surface area contributed by atoms with Crippen LogP contribution in [0.15, 0.2) is 60.7 Å². The van der Waals surface area contributed by atoms with Crippen molar-refractivity contribution in [2.75, 3.05) is 0 Å². The molecule has 1 aliphatic rings. The number of aromatic amines is 1. The van der Waals surface area contributed by atoms with Gasteiger partial charge in [-0.05, 0) is 72.0 Å². The van der Waals surface area contributed by atoms with Crippen LogP contribution in [0.3, 0.4) is 0 Å². The summed E-state index contributed by atoms with van der Waals surface area (Å²) in [4.78, 5) is 15.5. The van der Waals surface area contributed by atoms with Gasteiger partial charge in [0.25, 0.3) is 0 Å². The van der Waals surface area contributed by atoms with E-state index in [4.69, 9.17) is 0 Å². The minimum Gasteiger partial charge on any atom is -0.356 e. The van der Waals surface area contributed by atoms with Crippen LogP contribution < -0.4 is 5.32 Å². The molecule has 0 fully saturated rings. The molecule has 1 atom stereocenters. The molecule has 4 aromatic rings. The molecule has 2 N–H and O–H groups in total. The number of fused-ring (bicyclic) bond motifs is 3. The SMILES string of the molecule is Cl.O=C(CCCC1Cc2[nH]c3c(F)ccc(-c4ccc(C(F)(F)F)cc4)c3c2CN1)c1ccc(F)cc1. The van der Waals surface area contributed by atoms with Crippen molar-refractivity contribution in [3.05, 3.63) is 94.7 Å². The van der Waals surface area contributed by atoms with Gasteiger partial charge >= 0.3 is 6.18 Å². The Bertz CT molecular complexity index is 1410. The van der Waals surface area contributed by atoms with Gasteiger partial charge in [-0.1, -0.05) is 18.2 Å². The van der Waals surface area contributed by atoms with Crippen LogP contribution in [-0.4, -0.2) is 16.8 Å². The summed E-state index contributed by atoms with van der Waals surface area (Å²) in [7, 11) is 0. The third-order valence-electron chi connectivity index (χ3n) is 6.76. The molecule has 3 aromatic carbocycles. The summed E-state index contributed by atoms with van der Waals surface area (Å²) < 4.78 is 66.7. The molecule has 5 rings (SSSR count). The summed E-state index contributed by atoms with van der Waals surface area (Å²) in [6, 6.07) is 13.4. The Morgan fingerprint density at radius 2 is 1.65 bits per heavy atom. The first kappa shape index (κ1) is 26.8. The van der Waals surface area contributed by atoms with Crippen molar-refractivity contribution in [3.8, 4) is 11.1 Å². The average molecular weight is 535 g/mol. The highest BCUT2D eigenvalue weighted by molar-refractivity contribution is 5.99. The second-order valence-electron chi connectivity index (χ2n) is 9.11. The molecule has 2 heterocycles. The van der Waals surface area contributed by atoms with Gasteiger partial charge in [0.15, 0.2) is 5.78 Å². The summed E-state index contributed by atoms with van der Waals surface area (Å²) in [5, 5.41) is 4.12. The Hall–Kier alpha value is -3.23.